The molecule has 0 saturated heterocycles. The molecule has 0 spiro atoms. The Hall–Kier alpha value is -4.79. The van der Waals surface area contributed by atoms with Gasteiger partial charge < -0.3 is 29.6 Å². The van der Waals surface area contributed by atoms with E-state index in [4.69, 9.17) is 24.4 Å². The van der Waals surface area contributed by atoms with Gasteiger partial charge in [-0.1, -0.05) is 30.3 Å². The number of ether oxygens (including phenoxy) is 4. The summed E-state index contributed by atoms with van der Waals surface area (Å²) in [5.74, 6) is 1.66. The van der Waals surface area contributed by atoms with Crippen LogP contribution in [0.3, 0.4) is 0 Å². The van der Waals surface area contributed by atoms with Gasteiger partial charge in [0.1, 0.15) is 11.4 Å². The van der Waals surface area contributed by atoms with Gasteiger partial charge in [-0.3, -0.25) is 15.2 Å². The number of carbonyl (C=O) groups excluding carboxylic acids is 1. The minimum absolute atomic E-state index is 0.0989. The fourth-order valence-electron chi connectivity index (χ4n) is 3.41. The number of carbonyl (C=O) groups is 1. The van der Waals surface area contributed by atoms with Crippen LogP contribution < -0.4 is 29.6 Å². The molecule has 5 rings (SSSR count). The molecule has 2 heterocycles. The van der Waals surface area contributed by atoms with Crippen LogP contribution in [-0.2, 0) is 4.79 Å². The van der Waals surface area contributed by atoms with Crippen molar-refractivity contribution in [2.45, 2.75) is 0 Å². The van der Waals surface area contributed by atoms with Crippen molar-refractivity contribution in [3.8, 4) is 23.0 Å². The van der Waals surface area contributed by atoms with Crippen LogP contribution in [0.25, 0.3) is 0 Å². The molecule has 170 valence electrons. The molecule has 3 N–H and O–H groups in total. The van der Waals surface area contributed by atoms with Crippen LogP contribution in [0.2, 0.25) is 0 Å². The number of aliphatic imine (C=N–C) groups is 1. The van der Waals surface area contributed by atoms with Crippen molar-refractivity contribution in [2.75, 3.05) is 24.2 Å². The Labute approximate surface area is 195 Å². The van der Waals surface area contributed by atoms with E-state index in [0.717, 1.165) is 0 Å². The normalized spacial score (nSPS) is 13.7. The van der Waals surface area contributed by atoms with Crippen LogP contribution >= 0.6 is 0 Å². The van der Waals surface area contributed by atoms with E-state index in [-0.39, 0.29) is 25.0 Å². The zero-order chi connectivity index (χ0) is 23.3. The fourth-order valence-corrected chi connectivity index (χ4v) is 3.41. The monoisotopic (exact) mass is 456 g/mol. The van der Waals surface area contributed by atoms with Crippen molar-refractivity contribution in [1.82, 2.24) is 0 Å². The van der Waals surface area contributed by atoms with Gasteiger partial charge in [-0.25, -0.2) is 0 Å². The second kappa shape index (κ2) is 9.37. The summed E-state index contributed by atoms with van der Waals surface area (Å²) in [6.45, 7) is 0.234. The molecule has 0 unspecified atom stereocenters. The topological polar surface area (TPSA) is 114 Å². The van der Waals surface area contributed by atoms with Gasteiger partial charge in [0.05, 0.1) is 11.4 Å². The molecular formula is C25H20N4O5. The van der Waals surface area contributed by atoms with E-state index in [1.54, 1.807) is 54.6 Å². The maximum atomic E-state index is 12.8. The summed E-state index contributed by atoms with van der Waals surface area (Å²) in [5, 5.41) is 14.4. The number of anilines is 2. The van der Waals surface area contributed by atoms with Gasteiger partial charge in [0.15, 0.2) is 23.0 Å². The Morgan fingerprint density at radius 3 is 2.32 bits per heavy atom. The summed E-state index contributed by atoms with van der Waals surface area (Å²) in [7, 11) is 0. The van der Waals surface area contributed by atoms with E-state index in [9.17, 15) is 4.79 Å². The van der Waals surface area contributed by atoms with E-state index in [1.807, 2.05) is 12.1 Å². The summed E-state index contributed by atoms with van der Waals surface area (Å²) in [4.78, 5) is 17.2. The largest absolute Gasteiger partial charge is 0.454 e. The molecule has 9 heteroatoms. The average molecular weight is 456 g/mol. The van der Waals surface area contributed by atoms with Crippen LogP contribution in [-0.4, -0.2) is 31.4 Å². The van der Waals surface area contributed by atoms with Crippen molar-refractivity contribution in [2.24, 2.45) is 4.99 Å². The Morgan fingerprint density at radius 1 is 0.824 bits per heavy atom. The maximum absolute atomic E-state index is 12.8. The SMILES string of the molecule is N=C(C(=O)Nc1ccccc1)/C(=C\C=Nc1cccc2c1OCO2)Nc1cccc2c1OCO2. The van der Waals surface area contributed by atoms with E-state index < -0.39 is 5.91 Å². The van der Waals surface area contributed by atoms with Crippen LogP contribution in [0.1, 0.15) is 0 Å². The number of allylic oxidation sites excluding steroid dienone is 1. The molecule has 0 saturated carbocycles. The minimum Gasteiger partial charge on any atom is -0.454 e. The Balaban J connectivity index is 1.43. The maximum Gasteiger partial charge on any atom is 0.275 e. The van der Waals surface area contributed by atoms with E-state index in [2.05, 4.69) is 15.6 Å². The van der Waals surface area contributed by atoms with Crippen molar-refractivity contribution in [3.05, 3.63) is 78.5 Å². The van der Waals surface area contributed by atoms with Gasteiger partial charge in [0.25, 0.3) is 5.91 Å². The zero-order valence-electron chi connectivity index (χ0n) is 17.9. The first kappa shape index (κ1) is 21.1. The number of para-hydroxylation sites is 3. The third-order valence-corrected chi connectivity index (χ3v) is 5.02. The van der Waals surface area contributed by atoms with Crippen molar-refractivity contribution >= 4 is 34.9 Å². The molecule has 0 aliphatic carbocycles. The lowest BCUT2D eigenvalue weighted by Crippen LogP contribution is -2.27. The molecule has 0 radical (unpaired) electrons. The van der Waals surface area contributed by atoms with Crippen LogP contribution in [0, 0.1) is 5.41 Å². The first-order valence-corrected chi connectivity index (χ1v) is 10.4. The fraction of sp³-hybridized carbons (Fsp3) is 0.0800. The molecule has 1 amide bonds. The molecule has 0 atom stereocenters. The van der Waals surface area contributed by atoms with Gasteiger partial charge >= 0.3 is 0 Å². The van der Waals surface area contributed by atoms with Crippen molar-refractivity contribution in [1.29, 1.82) is 5.41 Å². The first-order chi connectivity index (χ1) is 16.7. The summed E-state index contributed by atoms with van der Waals surface area (Å²) >= 11 is 0. The highest BCUT2D eigenvalue weighted by atomic mass is 16.7. The number of hydrogen-bond acceptors (Lipinski definition) is 8. The average Bonchev–Trinajstić information content (AvgIpc) is 3.54. The smallest absolute Gasteiger partial charge is 0.275 e. The molecule has 2 aliphatic rings. The van der Waals surface area contributed by atoms with Crippen LogP contribution in [0.5, 0.6) is 23.0 Å². The summed E-state index contributed by atoms with van der Waals surface area (Å²) in [5.41, 5.74) is 1.64. The molecule has 3 aromatic carbocycles. The van der Waals surface area contributed by atoms with E-state index in [0.29, 0.717) is 40.1 Å². The van der Waals surface area contributed by atoms with Crippen LogP contribution in [0.4, 0.5) is 17.1 Å². The molecule has 34 heavy (non-hydrogen) atoms. The molecule has 0 aromatic heterocycles. The third-order valence-electron chi connectivity index (χ3n) is 5.02. The zero-order valence-corrected chi connectivity index (χ0v) is 17.9. The lowest BCUT2D eigenvalue weighted by atomic mass is 10.2. The molecule has 0 fully saturated rings. The van der Waals surface area contributed by atoms with Gasteiger partial charge in [-0.15, -0.1) is 0 Å². The number of hydrogen-bond donors (Lipinski definition) is 3. The van der Waals surface area contributed by atoms with Crippen molar-refractivity contribution in [3.63, 3.8) is 0 Å². The van der Waals surface area contributed by atoms with Crippen LogP contribution in [0.15, 0.2) is 83.5 Å². The van der Waals surface area contributed by atoms with Gasteiger partial charge in [0.2, 0.25) is 13.6 Å². The molecular weight excluding hydrogens is 436 g/mol. The second-order valence-corrected chi connectivity index (χ2v) is 7.23. The Bertz CT molecular complexity index is 1300. The van der Waals surface area contributed by atoms with Gasteiger partial charge in [-0.2, -0.15) is 0 Å². The lowest BCUT2D eigenvalue weighted by Gasteiger charge is -2.14. The second-order valence-electron chi connectivity index (χ2n) is 7.23. The first-order valence-electron chi connectivity index (χ1n) is 10.4. The molecule has 3 aromatic rings. The quantitative estimate of drug-likeness (QED) is 0.451. The van der Waals surface area contributed by atoms with Gasteiger partial charge in [0, 0.05) is 11.9 Å². The minimum atomic E-state index is -0.583. The Morgan fingerprint density at radius 2 is 1.53 bits per heavy atom. The lowest BCUT2D eigenvalue weighted by molar-refractivity contribution is -0.110. The molecule has 9 nitrogen and oxygen atoms in total. The van der Waals surface area contributed by atoms with E-state index >= 15 is 0 Å². The highest BCUT2D eigenvalue weighted by molar-refractivity contribution is 6.48. The summed E-state index contributed by atoms with van der Waals surface area (Å²) < 4.78 is 21.8. The summed E-state index contributed by atoms with van der Waals surface area (Å²) in [6.07, 6.45) is 3.03. The van der Waals surface area contributed by atoms with Gasteiger partial charge in [-0.05, 0) is 42.5 Å². The molecule has 2 aliphatic heterocycles. The number of amides is 1. The number of rotatable bonds is 7. The highest BCUT2D eigenvalue weighted by Crippen LogP contribution is 2.41. The number of benzene rings is 3. The Kier molecular flexibility index (Phi) is 5.81. The van der Waals surface area contributed by atoms with Crippen molar-refractivity contribution < 1.29 is 23.7 Å². The highest BCUT2D eigenvalue weighted by Gasteiger charge is 2.21. The number of nitrogens with zero attached hydrogens (tertiary/aromatic N) is 1. The summed E-state index contributed by atoms with van der Waals surface area (Å²) in [6, 6.07) is 19.7. The number of fused-ring (bicyclic) bond motifs is 2. The standard InChI is InChI=1S/C25H20N4O5/c26-22(25(30)28-16-6-2-1-3-7-16)17(29-19-9-5-11-21-24(19)34-15-32-21)12-13-27-18-8-4-10-20-23(18)33-14-31-20/h1-13,26,29H,14-15H2,(H,28,30)/b17-12+,26-22?,27-13?. The molecule has 0 bridgehead atoms. The predicted octanol–water partition coefficient (Wildman–Crippen LogP) is 4.50. The predicted molar refractivity (Wildman–Crippen MR) is 128 cm³/mol. The van der Waals surface area contributed by atoms with E-state index in [1.165, 1.54) is 12.3 Å². The number of nitrogens with one attached hydrogen (secondary N) is 3. The third kappa shape index (κ3) is 4.40.